The Morgan fingerprint density at radius 2 is 1.66 bits per heavy atom. The molecular weight excluding hydrogens is 358 g/mol. The Morgan fingerprint density at radius 1 is 0.897 bits per heavy atom. The van der Waals surface area contributed by atoms with E-state index < -0.39 is 0 Å². The summed E-state index contributed by atoms with van der Waals surface area (Å²) in [5, 5.41) is 19.6. The van der Waals surface area contributed by atoms with Gasteiger partial charge in [-0.15, -0.1) is 0 Å². The number of aromatic nitrogens is 1. The average Bonchev–Trinajstić information content (AvgIpc) is 2.76. The zero-order chi connectivity index (χ0) is 20.2. The van der Waals surface area contributed by atoms with Crippen LogP contribution in [0.2, 0.25) is 0 Å². The third-order valence-corrected chi connectivity index (χ3v) is 5.68. The summed E-state index contributed by atoms with van der Waals surface area (Å²) >= 11 is 0. The maximum absolute atomic E-state index is 9.74. The molecule has 0 fully saturated rings. The molecular formula is C25H27N3O. The highest BCUT2D eigenvalue weighted by Crippen LogP contribution is 2.24. The second-order valence-electron chi connectivity index (χ2n) is 7.54. The molecule has 148 valence electrons. The molecule has 0 unspecified atom stereocenters. The monoisotopic (exact) mass is 385 g/mol. The predicted octanol–water partition coefficient (Wildman–Crippen LogP) is 4.88. The lowest BCUT2D eigenvalue weighted by molar-refractivity contribution is 0.303. The minimum Gasteiger partial charge on any atom is -0.410 e. The highest BCUT2D eigenvalue weighted by molar-refractivity contribution is 5.95. The third kappa shape index (κ3) is 3.76. The largest absolute Gasteiger partial charge is 0.410 e. The van der Waals surface area contributed by atoms with Gasteiger partial charge in [-0.05, 0) is 49.6 Å². The first kappa shape index (κ1) is 19.2. The number of hydrogen-bond acceptors (Lipinski definition) is 3. The molecule has 4 heteroatoms. The number of rotatable bonds is 6. The zero-order valence-electron chi connectivity index (χ0n) is 17.0. The Kier molecular flexibility index (Phi) is 5.63. The van der Waals surface area contributed by atoms with Crippen molar-refractivity contribution in [1.29, 1.82) is 0 Å². The summed E-state index contributed by atoms with van der Waals surface area (Å²) < 4.78 is 2.38. The van der Waals surface area contributed by atoms with Crippen molar-refractivity contribution >= 4 is 21.8 Å². The van der Waals surface area contributed by atoms with E-state index in [1.165, 1.54) is 16.7 Å². The molecule has 29 heavy (non-hydrogen) atoms. The first-order valence-electron chi connectivity index (χ1n) is 10.1. The summed E-state index contributed by atoms with van der Waals surface area (Å²) in [5.74, 6) is 0. The van der Waals surface area contributed by atoms with E-state index in [2.05, 4.69) is 71.4 Å². The van der Waals surface area contributed by atoms with E-state index in [4.69, 9.17) is 0 Å². The van der Waals surface area contributed by atoms with Gasteiger partial charge in [0.1, 0.15) is 5.36 Å². The third-order valence-electron chi connectivity index (χ3n) is 5.68. The minimum atomic E-state index is 0.650. The van der Waals surface area contributed by atoms with Gasteiger partial charge in [0.15, 0.2) is 0 Å². The fraction of sp³-hybridized carbons (Fsp3) is 0.240. The molecule has 2 N–H and O–H groups in total. The van der Waals surface area contributed by atoms with Gasteiger partial charge < -0.3 is 15.1 Å². The number of nitrogens with one attached hydrogen (secondary N) is 1. The molecule has 0 radical (unpaired) electrons. The molecule has 0 aliphatic carbocycles. The minimum absolute atomic E-state index is 0.650. The van der Waals surface area contributed by atoms with Crippen LogP contribution in [0.3, 0.4) is 0 Å². The number of nitrogens with zero attached hydrogens (tertiary/aromatic N) is 2. The summed E-state index contributed by atoms with van der Waals surface area (Å²) in [4.78, 5) is 0. The van der Waals surface area contributed by atoms with Gasteiger partial charge in [0, 0.05) is 23.9 Å². The lowest BCUT2D eigenvalue weighted by Crippen LogP contribution is -2.19. The van der Waals surface area contributed by atoms with Crippen LogP contribution in [-0.4, -0.2) is 16.3 Å². The Balaban J connectivity index is 1.68. The topological polar surface area (TPSA) is 49.6 Å². The quantitative estimate of drug-likeness (QED) is 0.215. The van der Waals surface area contributed by atoms with Crippen LogP contribution in [0.1, 0.15) is 23.1 Å². The fourth-order valence-electron chi connectivity index (χ4n) is 4.05. The smallest absolute Gasteiger partial charge is 0.121 e. The number of pyridine rings is 1. The number of aryl methyl sites for hydroxylation is 3. The Morgan fingerprint density at radius 3 is 2.45 bits per heavy atom. The number of hydrogen-bond donors (Lipinski definition) is 2. The van der Waals surface area contributed by atoms with Crippen LogP contribution in [0.15, 0.2) is 71.9 Å². The van der Waals surface area contributed by atoms with Crippen LogP contribution in [0.4, 0.5) is 0 Å². The van der Waals surface area contributed by atoms with E-state index in [9.17, 15) is 5.21 Å². The van der Waals surface area contributed by atoms with Gasteiger partial charge in [0.25, 0.3) is 0 Å². The molecule has 4 aromatic rings. The molecule has 0 aliphatic heterocycles. The SMILES string of the molecule is Cc1ccc2c(=NO)c3ccccc3n(CCCNCc3ccccc3)c2c1C. The highest BCUT2D eigenvalue weighted by atomic mass is 16.4. The predicted molar refractivity (Wildman–Crippen MR) is 119 cm³/mol. The Hall–Kier alpha value is -3.11. The fourth-order valence-corrected chi connectivity index (χ4v) is 4.05. The van der Waals surface area contributed by atoms with Gasteiger partial charge >= 0.3 is 0 Å². The molecule has 0 bridgehead atoms. The zero-order valence-corrected chi connectivity index (χ0v) is 17.0. The van der Waals surface area contributed by atoms with Crippen LogP contribution in [0.25, 0.3) is 21.8 Å². The van der Waals surface area contributed by atoms with E-state index in [0.717, 1.165) is 47.9 Å². The van der Waals surface area contributed by atoms with Crippen LogP contribution < -0.4 is 10.7 Å². The highest BCUT2D eigenvalue weighted by Gasteiger charge is 2.12. The van der Waals surface area contributed by atoms with Crippen molar-refractivity contribution in [2.75, 3.05) is 6.54 Å². The first-order chi connectivity index (χ1) is 14.2. The van der Waals surface area contributed by atoms with Crippen molar-refractivity contribution in [3.63, 3.8) is 0 Å². The molecule has 0 amide bonds. The molecule has 4 nitrogen and oxygen atoms in total. The van der Waals surface area contributed by atoms with E-state index in [0.29, 0.717) is 5.36 Å². The van der Waals surface area contributed by atoms with E-state index in [-0.39, 0.29) is 0 Å². The maximum atomic E-state index is 9.74. The summed E-state index contributed by atoms with van der Waals surface area (Å²) in [6.07, 6.45) is 1.01. The Bertz CT molecular complexity index is 1210. The molecule has 0 atom stereocenters. The van der Waals surface area contributed by atoms with E-state index in [1.54, 1.807) is 0 Å². The van der Waals surface area contributed by atoms with E-state index >= 15 is 0 Å². The normalized spacial score (nSPS) is 12.1. The second kappa shape index (κ2) is 8.50. The summed E-state index contributed by atoms with van der Waals surface area (Å²) in [6.45, 7) is 7.00. The summed E-state index contributed by atoms with van der Waals surface area (Å²) in [7, 11) is 0. The summed E-state index contributed by atoms with van der Waals surface area (Å²) in [5.41, 5.74) is 6.03. The molecule has 0 spiro atoms. The van der Waals surface area contributed by atoms with Crippen molar-refractivity contribution in [1.82, 2.24) is 9.88 Å². The van der Waals surface area contributed by atoms with Crippen molar-refractivity contribution in [2.45, 2.75) is 33.4 Å². The van der Waals surface area contributed by atoms with Gasteiger partial charge in [-0.1, -0.05) is 65.8 Å². The van der Waals surface area contributed by atoms with Crippen LogP contribution in [0, 0.1) is 13.8 Å². The number of para-hydroxylation sites is 1. The standard InChI is InChI=1S/C25H27N3O/c1-18-13-14-22-24(27-29)21-11-6-7-12-23(21)28(25(22)19(18)2)16-8-15-26-17-20-9-4-3-5-10-20/h3-7,9-14,26,29H,8,15-17H2,1-2H3. The maximum Gasteiger partial charge on any atom is 0.121 e. The number of benzene rings is 3. The van der Waals surface area contributed by atoms with Crippen LogP contribution in [0.5, 0.6) is 0 Å². The molecule has 0 saturated carbocycles. The Labute approximate surface area is 171 Å². The van der Waals surface area contributed by atoms with Gasteiger partial charge in [0.05, 0.1) is 11.0 Å². The van der Waals surface area contributed by atoms with Crippen LogP contribution in [-0.2, 0) is 13.1 Å². The van der Waals surface area contributed by atoms with Crippen molar-refractivity contribution in [2.24, 2.45) is 5.16 Å². The van der Waals surface area contributed by atoms with Gasteiger partial charge in [-0.25, -0.2) is 0 Å². The molecule has 1 aromatic heterocycles. The molecule has 4 rings (SSSR count). The van der Waals surface area contributed by atoms with Crippen molar-refractivity contribution < 1.29 is 5.21 Å². The molecule has 3 aromatic carbocycles. The lowest BCUT2D eigenvalue weighted by Gasteiger charge is -2.19. The van der Waals surface area contributed by atoms with Gasteiger partial charge in [-0.2, -0.15) is 0 Å². The van der Waals surface area contributed by atoms with Gasteiger partial charge in [0.2, 0.25) is 0 Å². The lowest BCUT2D eigenvalue weighted by atomic mass is 10.0. The molecule has 0 saturated heterocycles. The summed E-state index contributed by atoms with van der Waals surface area (Å²) in [6, 6.07) is 22.8. The van der Waals surface area contributed by atoms with Crippen molar-refractivity contribution in [3.05, 3.63) is 88.8 Å². The van der Waals surface area contributed by atoms with Crippen LogP contribution >= 0.6 is 0 Å². The molecule has 1 heterocycles. The molecule has 0 aliphatic rings. The second-order valence-corrected chi connectivity index (χ2v) is 7.54. The van der Waals surface area contributed by atoms with E-state index in [1.807, 2.05) is 24.3 Å². The number of fused-ring (bicyclic) bond motifs is 2. The average molecular weight is 386 g/mol. The van der Waals surface area contributed by atoms with Gasteiger partial charge in [-0.3, -0.25) is 0 Å². The first-order valence-corrected chi connectivity index (χ1v) is 10.1. The van der Waals surface area contributed by atoms with Crippen molar-refractivity contribution in [3.8, 4) is 0 Å².